The molecule has 1 amide bonds. The van der Waals surface area contributed by atoms with E-state index in [0.29, 0.717) is 24.0 Å². The summed E-state index contributed by atoms with van der Waals surface area (Å²) in [6.07, 6.45) is 2.75. The number of nitrogens with one attached hydrogen (secondary N) is 1. The second-order valence-corrected chi connectivity index (χ2v) is 6.95. The van der Waals surface area contributed by atoms with Crippen LogP contribution in [0, 0.1) is 23.0 Å². The third-order valence-electron chi connectivity index (χ3n) is 5.07. The largest absolute Gasteiger partial charge is 0.344 e. The van der Waals surface area contributed by atoms with E-state index in [1.54, 1.807) is 30.3 Å². The molecule has 1 saturated carbocycles. The second kappa shape index (κ2) is 8.12. The standard InChI is InChI=1S/C21H22N2O4/c1-14-10-12-15(13-11-14)21(25)22-20(17-7-3-5-9-19(17)24)16-6-2-4-8-18(16)23(26)27/h2,4,6,8,10-13,17,20H,3,5,7,9H2,1H3,(H,22,25). The normalized spacial score (nSPS) is 18.0. The van der Waals surface area contributed by atoms with Gasteiger partial charge in [0.25, 0.3) is 11.6 Å². The van der Waals surface area contributed by atoms with Crippen LogP contribution in [-0.4, -0.2) is 16.6 Å². The zero-order valence-electron chi connectivity index (χ0n) is 15.2. The van der Waals surface area contributed by atoms with Crippen LogP contribution in [0.15, 0.2) is 48.5 Å². The average molecular weight is 366 g/mol. The molecule has 2 unspecified atom stereocenters. The Morgan fingerprint density at radius 3 is 2.52 bits per heavy atom. The van der Waals surface area contributed by atoms with E-state index in [9.17, 15) is 19.7 Å². The first-order valence-electron chi connectivity index (χ1n) is 9.11. The van der Waals surface area contributed by atoms with Gasteiger partial charge in [-0.25, -0.2) is 0 Å². The Hall–Kier alpha value is -3.02. The summed E-state index contributed by atoms with van der Waals surface area (Å²) >= 11 is 0. The number of Topliss-reactive ketones (excluding diaryl/α,β-unsaturated/α-hetero) is 1. The highest BCUT2D eigenvalue weighted by atomic mass is 16.6. The van der Waals surface area contributed by atoms with Gasteiger partial charge in [-0.15, -0.1) is 0 Å². The molecule has 1 N–H and O–H groups in total. The van der Waals surface area contributed by atoms with Crippen molar-refractivity contribution >= 4 is 17.4 Å². The van der Waals surface area contributed by atoms with Crippen molar-refractivity contribution in [3.63, 3.8) is 0 Å². The number of hydrogen-bond acceptors (Lipinski definition) is 4. The number of carbonyl (C=O) groups excluding carboxylic acids is 2. The third-order valence-corrected chi connectivity index (χ3v) is 5.07. The number of nitro groups is 1. The maximum Gasteiger partial charge on any atom is 0.274 e. The smallest absolute Gasteiger partial charge is 0.274 e. The van der Waals surface area contributed by atoms with Crippen molar-refractivity contribution in [1.82, 2.24) is 5.32 Å². The molecule has 0 bridgehead atoms. The monoisotopic (exact) mass is 366 g/mol. The van der Waals surface area contributed by atoms with Gasteiger partial charge in [0.15, 0.2) is 0 Å². The van der Waals surface area contributed by atoms with Gasteiger partial charge in [0.1, 0.15) is 5.78 Å². The summed E-state index contributed by atoms with van der Waals surface area (Å²) in [6, 6.07) is 12.7. The lowest BCUT2D eigenvalue weighted by Gasteiger charge is -2.30. The number of rotatable bonds is 5. The zero-order valence-corrected chi connectivity index (χ0v) is 15.2. The maximum atomic E-state index is 12.8. The molecule has 0 aliphatic heterocycles. The van der Waals surface area contributed by atoms with Crippen LogP contribution in [-0.2, 0) is 4.79 Å². The van der Waals surface area contributed by atoms with Gasteiger partial charge in [0, 0.05) is 24.0 Å². The van der Waals surface area contributed by atoms with E-state index in [4.69, 9.17) is 0 Å². The molecule has 140 valence electrons. The SMILES string of the molecule is Cc1ccc(C(=O)NC(c2ccccc2[N+](=O)[O-])C2CCCCC2=O)cc1. The first-order valence-corrected chi connectivity index (χ1v) is 9.11. The molecule has 0 heterocycles. The number of nitrogens with zero attached hydrogens (tertiary/aromatic N) is 1. The number of carbonyl (C=O) groups is 2. The predicted octanol–water partition coefficient (Wildman–Crippen LogP) is 4.13. The molecule has 1 aliphatic carbocycles. The highest BCUT2D eigenvalue weighted by Crippen LogP contribution is 2.36. The number of hydrogen-bond donors (Lipinski definition) is 1. The van der Waals surface area contributed by atoms with Gasteiger partial charge in [-0.3, -0.25) is 19.7 Å². The van der Waals surface area contributed by atoms with Crippen LogP contribution in [0.2, 0.25) is 0 Å². The first-order chi connectivity index (χ1) is 13.0. The van der Waals surface area contributed by atoms with Crippen LogP contribution in [0.5, 0.6) is 0 Å². The quantitative estimate of drug-likeness (QED) is 0.636. The Morgan fingerprint density at radius 1 is 1.15 bits per heavy atom. The Kier molecular flexibility index (Phi) is 5.64. The third kappa shape index (κ3) is 4.22. The maximum absolute atomic E-state index is 12.8. The number of nitro benzene ring substituents is 1. The molecular weight excluding hydrogens is 344 g/mol. The van der Waals surface area contributed by atoms with Crippen LogP contribution in [0.1, 0.15) is 53.2 Å². The minimum Gasteiger partial charge on any atom is -0.344 e. The molecule has 0 radical (unpaired) electrons. The fourth-order valence-electron chi connectivity index (χ4n) is 3.60. The van der Waals surface area contributed by atoms with E-state index >= 15 is 0 Å². The summed E-state index contributed by atoms with van der Waals surface area (Å²) in [5, 5.41) is 14.4. The number of ketones is 1. The van der Waals surface area contributed by atoms with Crippen molar-refractivity contribution in [2.45, 2.75) is 38.6 Å². The Bertz CT molecular complexity index is 861. The molecule has 6 nitrogen and oxygen atoms in total. The van der Waals surface area contributed by atoms with Gasteiger partial charge in [0.2, 0.25) is 0 Å². The minimum atomic E-state index is -0.715. The molecular formula is C21H22N2O4. The molecule has 2 atom stereocenters. The summed E-state index contributed by atoms with van der Waals surface area (Å²) in [5.41, 5.74) is 1.80. The van der Waals surface area contributed by atoms with Crippen LogP contribution < -0.4 is 5.32 Å². The molecule has 3 rings (SSSR count). The topological polar surface area (TPSA) is 89.3 Å². The molecule has 6 heteroatoms. The van der Waals surface area contributed by atoms with E-state index in [1.807, 2.05) is 19.1 Å². The molecule has 1 aliphatic rings. The lowest BCUT2D eigenvalue weighted by molar-refractivity contribution is -0.385. The van der Waals surface area contributed by atoms with Crippen molar-refractivity contribution < 1.29 is 14.5 Å². The van der Waals surface area contributed by atoms with Crippen molar-refractivity contribution in [1.29, 1.82) is 0 Å². The minimum absolute atomic E-state index is 0.0496. The van der Waals surface area contributed by atoms with Gasteiger partial charge in [0.05, 0.1) is 16.5 Å². The second-order valence-electron chi connectivity index (χ2n) is 6.95. The zero-order chi connectivity index (χ0) is 19.4. The predicted molar refractivity (Wildman–Crippen MR) is 101 cm³/mol. The highest BCUT2D eigenvalue weighted by molar-refractivity contribution is 5.95. The first kappa shape index (κ1) is 18.8. The van der Waals surface area contributed by atoms with Crippen LogP contribution in [0.25, 0.3) is 0 Å². The van der Waals surface area contributed by atoms with Gasteiger partial charge >= 0.3 is 0 Å². The lowest BCUT2D eigenvalue weighted by Crippen LogP contribution is -2.38. The molecule has 27 heavy (non-hydrogen) atoms. The van der Waals surface area contributed by atoms with E-state index in [2.05, 4.69) is 5.32 Å². The molecule has 2 aromatic carbocycles. The van der Waals surface area contributed by atoms with Gasteiger partial charge in [-0.2, -0.15) is 0 Å². The summed E-state index contributed by atoms with van der Waals surface area (Å²) in [7, 11) is 0. The lowest BCUT2D eigenvalue weighted by atomic mass is 9.79. The highest BCUT2D eigenvalue weighted by Gasteiger charge is 2.35. The molecule has 0 spiro atoms. The van der Waals surface area contributed by atoms with E-state index in [-0.39, 0.29) is 17.4 Å². The number of amides is 1. The van der Waals surface area contributed by atoms with E-state index in [0.717, 1.165) is 18.4 Å². The van der Waals surface area contributed by atoms with Crippen LogP contribution >= 0.6 is 0 Å². The van der Waals surface area contributed by atoms with E-state index in [1.165, 1.54) is 6.07 Å². The number of para-hydroxylation sites is 1. The van der Waals surface area contributed by atoms with Gasteiger partial charge < -0.3 is 5.32 Å². The Morgan fingerprint density at radius 2 is 1.85 bits per heavy atom. The molecule has 0 aromatic heterocycles. The summed E-state index contributed by atoms with van der Waals surface area (Å²) in [4.78, 5) is 36.3. The fraction of sp³-hybridized carbons (Fsp3) is 0.333. The van der Waals surface area contributed by atoms with Crippen molar-refractivity contribution in [2.24, 2.45) is 5.92 Å². The van der Waals surface area contributed by atoms with Crippen molar-refractivity contribution in [3.05, 3.63) is 75.3 Å². The molecule has 0 saturated heterocycles. The summed E-state index contributed by atoms with van der Waals surface area (Å²) in [6.45, 7) is 1.93. The molecule has 1 fully saturated rings. The average Bonchev–Trinajstić information content (AvgIpc) is 2.67. The van der Waals surface area contributed by atoms with Crippen molar-refractivity contribution in [2.75, 3.05) is 0 Å². The van der Waals surface area contributed by atoms with E-state index < -0.39 is 16.9 Å². The van der Waals surface area contributed by atoms with Crippen LogP contribution in [0.4, 0.5) is 5.69 Å². The Labute approximate surface area is 157 Å². The van der Waals surface area contributed by atoms with Crippen LogP contribution in [0.3, 0.4) is 0 Å². The summed E-state index contributed by atoms with van der Waals surface area (Å²) in [5.74, 6) is -0.737. The van der Waals surface area contributed by atoms with Gasteiger partial charge in [-0.05, 0) is 31.9 Å². The van der Waals surface area contributed by atoms with Crippen molar-refractivity contribution in [3.8, 4) is 0 Å². The fourth-order valence-corrected chi connectivity index (χ4v) is 3.60. The Balaban J connectivity index is 1.97. The number of benzene rings is 2. The summed E-state index contributed by atoms with van der Waals surface area (Å²) < 4.78 is 0. The van der Waals surface area contributed by atoms with Gasteiger partial charge in [-0.1, -0.05) is 42.3 Å². The molecule has 2 aromatic rings. The number of aryl methyl sites for hydroxylation is 1.